The van der Waals surface area contributed by atoms with Crippen LogP contribution in [0.25, 0.3) is 0 Å². The lowest BCUT2D eigenvalue weighted by molar-refractivity contribution is -0.152. The Balaban J connectivity index is 1.49. The first-order valence-electron chi connectivity index (χ1n) is 11.7. The van der Waals surface area contributed by atoms with Gasteiger partial charge >= 0.3 is 0 Å². The number of benzene rings is 1. The number of carbonyl (C=O) groups excluding carboxylic acids is 1. The van der Waals surface area contributed by atoms with E-state index in [1.54, 1.807) is 31.2 Å². The van der Waals surface area contributed by atoms with Crippen molar-refractivity contribution in [2.75, 3.05) is 53.0 Å². The predicted molar refractivity (Wildman–Crippen MR) is 122 cm³/mol. The highest BCUT2D eigenvalue weighted by Gasteiger charge is 2.43. The van der Waals surface area contributed by atoms with Gasteiger partial charge in [0.15, 0.2) is 0 Å². The molecule has 1 aromatic carbocycles. The van der Waals surface area contributed by atoms with Crippen LogP contribution in [0.4, 0.5) is 0 Å². The molecule has 3 heterocycles. The van der Waals surface area contributed by atoms with Crippen LogP contribution >= 0.6 is 0 Å². The van der Waals surface area contributed by atoms with Crippen LogP contribution in [-0.4, -0.2) is 111 Å². The summed E-state index contributed by atoms with van der Waals surface area (Å²) in [4.78, 5) is 17.1. The third-order valence-corrected chi connectivity index (χ3v) is 8.92. The fourth-order valence-corrected chi connectivity index (χ4v) is 6.87. The molecular weight excluding hydrogens is 446 g/mol. The Morgan fingerprint density at radius 3 is 2.58 bits per heavy atom. The Morgan fingerprint density at radius 1 is 1.12 bits per heavy atom. The Labute approximate surface area is 196 Å². The average molecular weight is 482 g/mol. The fraction of sp³-hybridized carbons (Fsp3) is 0.696. The number of nitrogens with zero attached hydrogens (tertiary/aromatic N) is 3. The van der Waals surface area contributed by atoms with Crippen LogP contribution in [0.3, 0.4) is 0 Å². The van der Waals surface area contributed by atoms with Crippen LogP contribution in [0.1, 0.15) is 24.8 Å². The summed E-state index contributed by atoms with van der Waals surface area (Å²) >= 11 is 0. The topological polar surface area (TPSA) is 99.6 Å². The third kappa shape index (κ3) is 5.58. The summed E-state index contributed by atoms with van der Waals surface area (Å²) in [6.07, 6.45) is -0.255. The molecule has 4 rings (SSSR count). The number of fused-ring (bicyclic) bond motifs is 1. The summed E-state index contributed by atoms with van der Waals surface area (Å²) in [6.45, 7) is 5.11. The van der Waals surface area contributed by atoms with Crippen molar-refractivity contribution in [3.05, 3.63) is 29.8 Å². The van der Waals surface area contributed by atoms with Crippen molar-refractivity contribution in [2.24, 2.45) is 0 Å². The number of β-amino-alcohol motifs (C(OH)–C–C–N with tert-alkyl or cyclic N) is 1. The van der Waals surface area contributed by atoms with E-state index in [1.807, 2.05) is 4.90 Å². The van der Waals surface area contributed by atoms with Gasteiger partial charge in [0, 0.05) is 32.7 Å². The average Bonchev–Trinajstić information content (AvgIpc) is 2.77. The number of aliphatic hydroxyl groups is 1. The van der Waals surface area contributed by atoms with Gasteiger partial charge in [-0.3, -0.25) is 4.79 Å². The second-order valence-electron chi connectivity index (χ2n) is 9.36. The first-order valence-corrected chi connectivity index (χ1v) is 13.1. The van der Waals surface area contributed by atoms with Crippen LogP contribution in [0.15, 0.2) is 29.2 Å². The number of ether oxygens (including phenoxy) is 2. The maximum atomic E-state index is 13.6. The Bertz CT molecular complexity index is 934. The highest BCUT2D eigenvalue weighted by Crippen LogP contribution is 2.32. The normalized spacial score (nSPS) is 30.3. The van der Waals surface area contributed by atoms with Crippen LogP contribution in [0.2, 0.25) is 0 Å². The van der Waals surface area contributed by atoms with Gasteiger partial charge < -0.3 is 24.4 Å². The van der Waals surface area contributed by atoms with Gasteiger partial charge in [0.2, 0.25) is 15.9 Å². The van der Waals surface area contributed by atoms with E-state index in [0.29, 0.717) is 24.8 Å². The molecule has 0 radical (unpaired) electrons. The van der Waals surface area contributed by atoms with Crippen molar-refractivity contribution in [3.8, 4) is 0 Å². The fourth-order valence-electron chi connectivity index (χ4n) is 4.92. The summed E-state index contributed by atoms with van der Waals surface area (Å²) in [5.41, 5.74) is 0.661. The lowest BCUT2D eigenvalue weighted by Gasteiger charge is -2.44. The van der Waals surface area contributed by atoms with Gasteiger partial charge in [-0.25, -0.2) is 8.42 Å². The molecule has 10 heteroatoms. The van der Waals surface area contributed by atoms with Crippen molar-refractivity contribution in [2.45, 2.75) is 55.4 Å². The molecule has 0 spiro atoms. The van der Waals surface area contributed by atoms with Gasteiger partial charge in [-0.15, -0.1) is 0 Å². The van der Waals surface area contributed by atoms with E-state index in [-0.39, 0.29) is 36.7 Å². The number of rotatable bonds is 4. The molecule has 1 aromatic rings. The molecule has 0 aromatic heterocycles. The van der Waals surface area contributed by atoms with Gasteiger partial charge in [-0.05, 0) is 38.4 Å². The number of aryl methyl sites for hydroxylation is 1. The number of amides is 1. The molecule has 0 saturated carbocycles. The highest BCUT2D eigenvalue weighted by atomic mass is 32.2. The highest BCUT2D eigenvalue weighted by molar-refractivity contribution is 7.89. The minimum atomic E-state index is -3.84. The molecule has 4 atom stereocenters. The molecular formula is C23H35N3O6S. The Morgan fingerprint density at radius 2 is 1.85 bits per heavy atom. The maximum Gasteiger partial charge on any atom is 0.243 e. The van der Waals surface area contributed by atoms with Crippen LogP contribution in [0.5, 0.6) is 0 Å². The van der Waals surface area contributed by atoms with Crippen LogP contribution < -0.4 is 0 Å². The number of aliphatic hydroxyl groups excluding tert-OH is 1. The quantitative estimate of drug-likeness (QED) is 0.667. The first kappa shape index (κ1) is 24.6. The molecule has 3 fully saturated rings. The lowest BCUT2D eigenvalue weighted by atomic mass is 9.96. The minimum absolute atomic E-state index is 0.0390. The molecule has 0 unspecified atom stereocenters. The number of carbonyl (C=O) groups is 1. The largest absolute Gasteiger partial charge is 0.389 e. The van der Waals surface area contributed by atoms with Crippen molar-refractivity contribution in [3.63, 3.8) is 0 Å². The molecule has 3 aliphatic rings. The van der Waals surface area contributed by atoms with E-state index in [9.17, 15) is 18.3 Å². The van der Waals surface area contributed by atoms with Crippen molar-refractivity contribution < 1.29 is 27.8 Å². The second kappa shape index (κ2) is 10.4. The number of likely N-dealkylation sites (N-methyl/N-ethyl adjacent to an activating group) is 1. The molecule has 9 nitrogen and oxygen atoms in total. The number of hydrogen-bond donors (Lipinski definition) is 1. The molecule has 3 saturated heterocycles. The van der Waals surface area contributed by atoms with Crippen molar-refractivity contribution in [1.82, 2.24) is 14.1 Å². The molecule has 0 aliphatic carbocycles. The maximum absolute atomic E-state index is 13.6. The molecule has 33 heavy (non-hydrogen) atoms. The van der Waals surface area contributed by atoms with E-state index in [1.165, 1.54) is 4.31 Å². The number of hydrogen-bond acceptors (Lipinski definition) is 7. The standard InChI is InChI=1S/C23H35N3O6S/c1-17-5-3-4-6-22(17)33(29,30)26-14-18(27)15-31-16-21-20(26)8-7-19(32-21)13-23(28)25-11-9-24(2)10-12-25/h3-6,18-21,27H,7-16H2,1-2H3/t18-,19+,20-,21+/m0/s1. The molecule has 184 valence electrons. The monoisotopic (exact) mass is 481 g/mol. The number of piperazine rings is 1. The second-order valence-corrected chi connectivity index (χ2v) is 11.2. The van der Waals surface area contributed by atoms with E-state index in [4.69, 9.17) is 9.47 Å². The van der Waals surface area contributed by atoms with Gasteiger partial charge in [-0.2, -0.15) is 4.31 Å². The summed E-state index contributed by atoms with van der Waals surface area (Å²) in [7, 11) is -1.79. The summed E-state index contributed by atoms with van der Waals surface area (Å²) < 4.78 is 40.5. The van der Waals surface area contributed by atoms with Gasteiger partial charge in [-0.1, -0.05) is 18.2 Å². The first-order chi connectivity index (χ1) is 15.8. The zero-order valence-electron chi connectivity index (χ0n) is 19.4. The smallest absolute Gasteiger partial charge is 0.243 e. The lowest BCUT2D eigenvalue weighted by Crippen LogP contribution is -2.57. The van der Waals surface area contributed by atoms with Crippen molar-refractivity contribution >= 4 is 15.9 Å². The predicted octanol–water partition coefficient (Wildman–Crippen LogP) is 0.457. The van der Waals surface area contributed by atoms with Gasteiger partial charge in [0.1, 0.15) is 0 Å². The SMILES string of the molecule is Cc1ccccc1S(=O)(=O)N1C[C@H](O)COC[C@H]2O[C@@H](CC(=O)N3CCN(C)CC3)CC[C@@H]21. The van der Waals surface area contributed by atoms with Crippen molar-refractivity contribution in [1.29, 1.82) is 0 Å². The zero-order valence-corrected chi connectivity index (χ0v) is 20.2. The molecule has 0 bridgehead atoms. The summed E-state index contributed by atoms with van der Waals surface area (Å²) in [6, 6.07) is 6.42. The van der Waals surface area contributed by atoms with Gasteiger partial charge in [0.05, 0.1) is 48.9 Å². The van der Waals surface area contributed by atoms with Gasteiger partial charge in [0.25, 0.3) is 0 Å². The molecule has 3 aliphatic heterocycles. The van der Waals surface area contributed by atoms with E-state index in [2.05, 4.69) is 11.9 Å². The van der Waals surface area contributed by atoms with E-state index >= 15 is 0 Å². The zero-order chi connectivity index (χ0) is 23.6. The summed E-state index contributed by atoms with van der Waals surface area (Å²) in [5.74, 6) is 0.0816. The minimum Gasteiger partial charge on any atom is -0.389 e. The van der Waals surface area contributed by atoms with Crippen LogP contribution in [-0.2, 0) is 24.3 Å². The summed E-state index contributed by atoms with van der Waals surface area (Å²) in [5, 5.41) is 10.4. The number of sulfonamides is 1. The van der Waals surface area contributed by atoms with E-state index in [0.717, 1.165) is 26.2 Å². The Kier molecular flexibility index (Phi) is 7.72. The third-order valence-electron chi connectivity index (χ3n) is 6.87. The Hall–Kier alpha value is -1.56. The van der Waals surface area contributed by atoms with Crippen LogP contribution in [0, 0.1) is 6.92 Å². The van der Waals surface area contributed by atoms with E-state index < -0.39 is 28.3 Å². The molecule has 1 amide bonds. The molecule has 1 N–H and O–H groups in total.